The summed E-state index contributed by atoms with van der Waals surface area (Å²) < 4.78 is 5.70. The van der Waals surface area contributed by atoms with Gasteiger partial charge in [0, 0.05) is 12.6 Å². The predicted octanol–water partition coefficient (Wildman–Crippen LogP) is 2.85. The zero-order valence-electron chi connectivity index (χ0n) is 10.4. The third-order valence-corrected chi connectivity index (χ3v) is 2.92. The van der Waals surface area contributed by atoms with E-state index < -0.39 is 0 Å². The topological polar surface area (TPSA) is 55.1 Å². The van der Waals surface area contributed by atoms with Crippen molar-refractivity contribution in [1.82, 2.24) is 10.3 Å². The second-order valence-electron chi connectivity index (χ2n) is 4.11. The highest BCUT2D eigenvalue weighted by Gasteiger charge is 2.15. The van der Waals surface area contributed by atoms with Gasteiger partial charge in [0.25, 0.3) is 5.91 Å². The fraction of sp³-hybridized carbons (Fsp3) is 0.0667. The molecule has 1 heterocycles. The zero-order valence-corrected chi connectivity index (χ0v) is 10.4. The minimum atomic E-state index is -0.155. The second-order valence-corrected chi connectivity index (χ2v) is 4.11. The van der Waals surface area contributed by atoms with E-state index in [1.807, 2.05) is 42.5 Å². The van der Waals surface area contributed by atoms with Crippen LogP contribution < -0.4 is 5.32 Å². The van der Waals surface area contributed by atoms with Crippen LogP contribution in [0.15, 0.2) is 52.9 Å². The fourth-order valence-electron chi connectivity index (χ4n) is 1.99. The van der Waals surface area contributed by atoms with Gasteiger partial charge in [-0.25, -0.2) is 4.98 Å². The quantitative estimate of drug-likeness (QED) is 0.763. The van der Waals surface area contributed by atoms with Crippen LogP contribution in [0.4, 0.5) is 0 Å². The van der Waals surface area contributed by atoms with Crippen molar-refractivity contribution in [1.29, 1.82) is 0 Å². The lowest BCUT2D eigenvalue weighted by Crippen LogP contribution is -2.18. The van der Waals surface area contributed by atoms with E-state index in [2.05, 4.69) is 10.3 Å². The number of fused-ring (bicyclic) bond motifs is 1. The number of carbonyl (C=O) groups excluding carboxylic acids is 1. The minimum Gasteiger partial charge on any atom is -0.436 e. The van der Waals surface area contributed by atoms with Gasteiger partial charge in [0.15, 0.2) is 5.58 Å². The van der Waals surface area contributed by atoms with Gasteiger partial charge in [-0.1, -0.05) is 24.3 Å². The maximum absolute atomic E-state index is 11.8. The number of carbonyl (C=O) groups is 1. The van der Waals surface area contributed by atoms with Gasteiger partial charge in [0.05, 0.1) is 5.56 Å². The minimum absolute atomic E-state index is 0.155. The highest BCUT2D eigenvalue weighted by atomic mass is 16.3. The Morgan fingerprint density at radius 1 is 1.11 bits per heavy atom. The third kappa shape index (κ3) is 1.97. The molecule has 0 aliphatic heterocycles. The maximum atomic E-state index is 11.8. The second kappa shape index (κ2) is 4.57. The molecule has 0 saturated heterocycles. The molecule has 1 aromatic heterocycles. The Hall–Kier alpha value is -2.62. The van der Waals surface area contributed by atoms with E-state index in [0.29, 0.717) is 22.6 Å². The van der Waals surface area contributed by atoms with E-state index in [-0.39, 0.29) is 5.91 Å². The molecule has 0 aliphatic carbocycles. The number of para-hydroxylation sites is 2. The van der Waals surface area contributed by atoms with Crippen molar-refractivity contribution >= 4 is 17.0 Å². The fourth-order valence-corrected chi connectivity index (χ4v) is 1.99. The molecule has 2 aromatic carbocycles. The van der Waals surface area contributed by atoms with Crippen molar-refractivity contribution in [2.24, 2.45) is 0 Å². The number of amides is 1. The summed E-state index contributed by atoms with van der Waals surface area (Å²) in [6, 6.07) is 14.8. The van der Waals surface area contributed by atoms with Crippen LogP contribution in [-0.2, 0) is 0 Å². The first-order valence-electron chi connectivity index (χ1n) is 5.96. The van der Waals surface area contributed by atoms with Gasteiger partial charge in [0.1, 0.15) is 5.52 Å². The molecule has 19 heavy (non-hydrogen) atoms. The lowest BCUT2D eigenvalue weighted by Gasteiger charge is -2.04. The first-order chi connectivity index (χ1) is 9.29. The molecule has 1 N–H and O–H groups in total. The number of rotatable bonds is 2. The molecule has 1 amide bonds. The van der Waals surface area contributed by atoms with Crippen molar-refractivity contribution in [2.45, 2.75) is 0 Å². The van der Waals surface area contributed by atoms with Gasteiger partial charge >= 0.3 is 0 Å². The standard InChI is InChI=1S/C15H12N2O2/c1-16-14(18)10-6-2-3-7-11(10)15-17-12-8-4-5-9-13(12)19-15/h2-9H,1H3,(H,16,18). The summed E-state index contributed by atoms with van der Waals surface area (Å²) in [4.78, 5) is 16.3. The van der Waals surface area contributed by atoms with Crippen LogP contribution in [0.25, 0.3) is 22.6 Å². The normalized spacial score (nSPS) is 10.6. The summed E-state index contributed by atoms with van der Waals surface area (Å²) in [7, 11) is 1.60. The number of hydrogen-bond donors (Lipinski definition) is 1. The maximum Gasteiger partial charge on any atom is 0.251 e. The Bertz CT molecular complexity index is 713. The van der Waals surface area contributed by atoms with Crippen LogP contribution in [0.5, 0.6) is 0 Å². The summed E-state index contributed by atoms with van der Waals surface area (Å²) in [5.74, 6) is 0.304. The first-order valence-corrected chi connectivity index (χ1v) is 5.96. The molecule has 94 valence electrons. The van der Waals surface area contributed by atoms with Gasteiger partial charge < -0.3 is 9.73 Å². The highest BCUT2D eigenvalue weighted by molar-refractivity contribution is 6.00. The highest BCUT2D eigenvalue weighted by Crippen LogP contribution is 2.26. The van der Waals surface area contributed by atoms with Gasteiger partial charge in [-0.05, 0) is 24.3 Å². The first kappa shape index (κ1) is 11.5. The van der Waals surface area contributed by atoms with Crippen molar-refractivity contribution < 1.29 is 9.21 Å². The summed E-state index contributed by atoms with van der Waals surface area (Å²) in [5.41, 5.74) is 2.74. The number of benzene rings is 2. The van der Waals surface area contributed by atoms with Gasteiger partial charge in [-0.2, -0.15) is 0 Å². The molecule has 0 radical (unpaired) electrons. The Balaban J connectivity index is 2.18. The lowest BCUT2D eigenvalue weighted by molar-refractivity contribution is 0.0963. The molecular weight excluding hydrogens is 240 g/mol. The molecule has 3 aromatic rings. The summed E-state index contributed by atoms with van der Waals surface area (Å²) in [6.45, 7) is 0. The summed E-state index contributed by atoms with van der Waals surface area (Å²) in [6.07, 6.45) is 0. The van der Waals surface area contributed by atoms with Crippen LogP contribution >= 0.6 is 0 Å². The molecule has 0 atom stereocenters. The summed E-state index contributed by atoms with van der Waals surface area (Å²) in [5, 5.41) is 2.62. The van der Waals surface area contributed by atoms with E-state index in [1.165, 1.54) is 0 Å². The van der Waals surface area contributed by atoms with E-state index in [0.717, 1.165) is 5.52 Å². The largest absolute Gasteiger partial charge is 0.436 e. The van der Waals surface area contributed by atoms with E-state index in [1.54, 1.807) is 13.1 Å². The Morgan fingerprint density at radius 2 is 1.84 bits per heavy atom. The molecule has 4 heteroatoms. The summed E-state index contributed by atoms with van der Waals surface area (Å²) >= 11 is 0. The Labute approximate surface area is 110 Å². The number of nitrogens with zero attached hydrogens (tertiary/aromatic N) is 1. The number of nitrogens with one attached hydrogen (secondary N) is 1. The van der Waals surface area contributed by atoms with Gasteiger partial charge in [-0.15, -0.1) is 0 Å². The average molecular weight is 252 g/mol. The monoisotopic (exact) mass is 252 g/mol. The number of oxazole rings is 1. The van der Waals surface area contributed by atoms with Crippen LogP contribution in [0.3, 0.4) is 0 Å². The average Bonchev–Trinajstić information content (AvgIpc) is 2.90. The molecule has 3 rings (SSSR count). The van der Waals surface area contributed by atoms with E-state index >= 15 is 0 Å². The molecule has 4 nitrogen and oxygen atoms in total. The molecule has 0 saturated carbocycles. The van der Waals surface area contributed by atoms with Crippen LogP contribution in [-0.4, -0.2) is 17.9 Å². The van der Waals surface area contributed by atoms with E-state index in [4.69, 9.17) is 4.42 Å². The van der Waals surface area contributed by atoms with E-state index in [9.17, 15) is 4.79 Å². The lowest BCUT2D eigenvalue weighted by atomic mass is 10.1. The van der Waals surface area contributed by atoms with Crippen molar-refractivity contribution in [3.8, 4) is 11.5 Å². The molecule has 0 fully saturated rings. The van der Waals surface area contributed by atoms with Crippen molar-refractivity contribution in [2.75, 3.05) is 7.05 Å². The van der Waals surface area contributed by atoms with Crippen LogP contribution in [0.2, 0.25) is 0 Å². The number of aromatic nitrogens is 1. The van der Waals surface area contributed by atoms with Crippen molar-refractivity contribution in [3.63, 3.8) is 0 Å². The van der Waals surface area contributed by atoms with Crippen molar-refractivity contribution in [3.05, 3.63) is 54.1 Å². The molecule has 0 spiro atoms. The Morgan fingerprint density at radius 3 is 2.63 bits per heavy atom. The third-order valence-electron chi connectivity index (χ3n) is 2.92. The van der Waals surface area contributed by atoms with Gasteiger partial charge in [0.2, 0.25) is 5.89 Å². The SMILES string of the molecule is CNC(=O)c1ccccc1-c1nc2ccccc2o1. The zero-order chi connectivity index (χ0) is 13.2. The molecule has 0 bridgehead atoms. The van der Waals surface area contributed by atoms with Gasteiger partial charge in [-0.3, -0.25) is 4.79 Å². The smallest absolute Gasteiger partial charge is 0.251 e. The van der Waals surface area contributed by atoms with Crippen LogP contribution in [0, 0.1) is 0 Å². The Kier molecular flexibility index (Phi) is 2.76. The van der Waals surface area contributed by atoms with Crippen LogP contribution in [0.1, 0.15) is 10.4 Å². The molecular formula is C15H12N2O2. The predicted molar refractivity (Wildman–Crippen MR) is 72.8 cm³/mol. The molecule has 0 aliphatic rings. The molecule has 0 unspecified atom stereocenters. The number of hydrogen-bond acceptors (Lipinski definition) is 3.